The van der Waals surface area contributed by atoms with Gasteiger partial charge >= 0.3 is 0 Å². The molecule has 5 rings (SSSR count). The van der Waals surface area contributed by atoms with E-state index in [1.54, 1.807) is 17.1 Å². The molecular formula is C26H33Cl2N7O. The summed E-state index contributed by atoms with van der Waals surface area (Å²) in [7, 11) is 0. The minimum absolute atomic E-state index is 0. The van der Waals surface area contributed by atoms with Gasteiger partial charge in [-0.25, -0.2) is 14.3 Å². The van der Waals surface area contributed by atoms with Crippen LogP contribution in [0.1, 0.15) is 57.5 Å². The number of pyridine rings is 1. The second-order valence-electron chi connectivity index (χ2n) is 10.2. The summed E-state index contributed by atoms with van der Waals surface area (Å²) in [6, 6.07) is 10.2. The van der Waals surface area contributed by atoms with E-state index in [0.29, 0.717) is 17.0 Å². The lowest BCUT2D eigenvalue weighted by atomic mass is 9.91. The summed E-state index contributed by atoms with van der Waals surface area (Å²) >= 11 is 0. The maximum absolute atomic E-state index is 13.3. The van der Waals surface area contributed by atoms with Crippen molar-refractivity contribution in [1.82, 2.24) is 29.6 Å². The number of hydrogen-bond donors (Lipinski definition) is 2. The molecule has 0 saturated carbocycles. The van der Waals surface area contributed by atoms with Gasteiger partial charge in [-0.2, -0.15) is 4.98 Å². The Morgan fingerprint density at radius 3 is 2.56 bits per heavy atom. The van der Waals surface area contributed by atoms with E-state index >= 15 is 0 Å². The molecule has 1 aliphatic rings. The van der Waals surface area contributed by atoms with Gasteiger partial charge in [0.2, 0.25) is 5.95 Å². The van der Waals surface area contributed by atoms with Gasteiger partial charge in [0.1, 0.15) is 5.39 Å². The first-order valence-electron chi connectivity index (χ1n) is 11.8. The van der Waals surface area contributed by atoms with Crippen LogP contribution in [0.25, 0.3) is 16.7 Å². The van der Waals surface area contributed by atoms with E-state index in [1.807, 2.05) is 36.7 Å². The highest BCUT2D eigenvalue weighted by molar-refractivity contribution is 5.85. The van der Waals surface area contributed by atoms with Gasteiger partial charge in [-0.1, -0.05) is 26.8 Å². The molecule has 2 N–H and O–H groups in total. The first-order chi connectivity index (χ1) is 16.2. The molecule has 0 aliphatic carbocycles. The normalized spacial score (nSPS) is 13.2. The molecule has 0 atom stereocenters. The second kappa shape index (κ2) is 10.6. The summed E-state index contributed by atoms with van der Waals surface area (Å²) in [5.41, 5.74) is 5.75. The van der Waals surface area contributed by atoms with Crippen molar-refractivity contribution >= 4 is 47.5 Å². The minimum atomic E-state index is -0.119. The van der Waals surface area contributed by atoms with Gasteiger partial charge in [-0.05, 0) is 62.2 Å². The first kappa shape index (κ1) is 27.6. The Hall–Kier alpha value is -2.94. The molecule has 0 bridgehead atoms. The number of nitrogens with zero attached hydrogens (tertiary/aromatic N) is 5. The van der Waals surface area contributed by atoms with Crippen molar-refractivity contribution in [2.24, 2.45) is 0 Å². The zero-order chi connectivity index (χ0) is 24.0. The van der Waals surface area contributed by atoms with Crippen molar-refractivity contribution in [2.75, 3.05) is 11.9 Å². The number of nitrogens with one attached hydrogen (secondary N) is 2. The molecule has 36 heavy (non-hydrogen) atoms. The van der Waals surface area contributed by atoms with E-state index in [-0.39, 0.29) is 41.8 Å². The van der Waals surface area contributed by atoms with Crippen LogP contribution in [0, 0.1) is 0 Å². The average molecular weight is 531 g/mol. The first-order valence-corrected chi connectivity index (χ1v) is 11.8. The second-order valence-corrected chi connectivity index (χ2v) is 10.2. The van der Waals surface area contributed by atoms with Gasteiger partial charge in [0.25, 0.3) is 5.56 Å². The maximum atomic E-state index is 13.3. The Morgan fingerprint density at radius 1 is 1.06 bits per heavy atom. The molecule has 0 saturated heterocycles. The van der Waals surface area contributed by atoms with Gasteiger partial charge < -0.3 is 10.6 Å². The fourth-order valence-corrected chi connectivity index (χ4v) is 4.42. The molecule has 3 aromatic heterocycles. The van der Waals surface area contributed by atoms with Crippen LogP contribution in [0.15, 0.2) is 47.5 Å². The number of halogens is 2. The largest absolute Gasteiger partial charge is 0.324 e. The maximum Gasteiger partial charge on any atom is 0.278 e. The zero-order valence-corrected chi connectivity index (χ0v) is 22.8. The highest BCUT2D eigenvalue weighted by atomic mass is 35.5. The highest BCUT2D eigenvalue weighted by Gasteiger charge is 2.22. The number of benzene rings is 1. The van der Waals surface area contributed by atoms with E-state index in [1.165, 1.54) is 11.1 Å². The van der Waals surface area contributed by atoms with Crippen LogP contribution in [-0.2, 0) is 18.4 Å². The lowest BCUT2D eigenvalue weighted by molar-refractivity contribution is 0.474. The third kappa shape index (κ3) is 5.12. The van der Waals surface area contributed by atoms with E-state index < -0.39 is 0 Å². The number of rotatable bonds is 4. The van der Waals surface area contributed by atoms with Crippen LogP contribution in [-0.4, -0.2) is 30.9 Å². The van der Waals surface area contributed by atoms with Gasteiger partial charge in [-0.15, -0.1) is 24.8 Å². The third-order valence-electron chi connectivity index (χ3n) is 6.22. The molecule has 192 valence electrons. The minimum Gasteiger partial charge on any atom is -0.324 e. The third-order valence-corrected chi connectivity index (χ3v) is 6.22. The molecule has 1 aromatic carbocycles. The van der Waals surface area contributed by atoms with Crippen LogP contribution in [0.5, 0.6) is 0 Å². The summed E-state index contributed by atoms with van der Waals surface area (Å²) in [5, 5.41) is 7.23. The Morgan fingerprint density at radius 2 is 1.83 bits per heavy atom. The number of anilines is 2. The molecule has 0 unspecified atom stereocenters. The molecule has 0 amide bonds. The molecule has 0 spiro atoms. The van der Waals surface area contributed by atoms with Gasteiger partial charge in [0.05, 0.1) is 5.69 Å². The lowest BCUT2D eigenvalue weighted by Gasteiger charge is -2.20. The van der Waals surface area contributed by atoms with E-state index in [9.17, 15) is 4.79 Å². The van der Waals surface area contributed by atoms with Crippen molar-refractivity contribution in [1.29, 1.82) is 0 Å². The number of hydrogen-bond acceptors (Lipinski definition) is 6. The molecule has 4 aromatic rings. The molecule has 1 aliphatic heterocycles. The van der Waals surface area contributed by atoms with Crippen LogP contribution in [0.4, 0.5) is 11.6 Å². The zero-order valence-electron chi connectivity index (χ0n) is 21.2. The predicted octanol–water partition coefficient (Wildman–Crippen LogP) is 5.09. The van der Waals surface area contributed by atoms with Crippen LogP contribution < -0.4 is 16.2 Å². The summed E-state index contributed by atoms with van der Waals surface area (Å²) in [4.78, 5) is 27.1. The summed E-state index contributed by atoms with van der Waals surface area (Å²) < 4.78 is 3.63. The SMILES string of the molecule is CC(C)n1c(=O)c2cnc(Nc3ccc4c(c3)CCNC4)nc2n1-c1ccnc(C(C)(C)C)c1.Cl.Cl. The van der Waals surface area contributed by atoms with Crippen LogP contribution in [0.3, 0.4) is 0 Å². The fourth-order valence-electron chi connectivity index (χ4n) is 4.42. The van der Waals surface area contributed by atoms with Crippen molar-refractivity contribution in [2.45, 2.75) is 59.0 Å². The summed E-state index contributed by atoms with van der Waals surface area (Å²) in [5.74, 6) is 0.459. The van der Waals surface area contributed by atoms with Crippen molar-refractivity contribution < 1.29 is 0 Å². The predicted molar refractivity (Wildman–Crippen MR) is 150 cm³/mol. The lowest BCUT2D eigenvalue weighted by Crippen LogP contribution is -2.24. The molecular weight excluding hydrogens is 497 g/mol. The van der Waals surface area contributed by atoms with E-state index in [2.05, 4.69) is 53.5 Å². The highest BCUT2D eigenvalue weighted by Crippen LogP contribution is 2.26. The Kier molecular flexibility index (Phi) is 8.13. The quantitative estimate of drug-likeness (QED) is 0.382. The topological polar surface area (TPSA) is 89.7 Å². The molecule has 4 heterocycles. The Labute approximate surface area is 223 Å². The van der Waals surface area contributed by atoms with Gasteiger partial charge in [0.15, 0.2) is 5.65 Å². The van der Waals surface area contributed by atoms with Crippen LogP contribution in [0.2, 0.25) is 0 Å². The van der Waals surface area contributed by atoms with E-state index in [0.717, 1.165) is 36.6 Å². The average Bonchev–Trinajstić information content (AvgIpc) is 3.10. The monoisotopic (exact) mass is 529 g/mol. The van der Waals surface area contributed by atoms with E-state index in [4.69, 9.17) is 4.98 Å². The Balaban J connectivity index is 0.00000180. The number of fused-ring (bicyclic) bond motifs is 2. The molecule has 0 radical (unpaired) electrons. The van der Waals surface area contributed by atoms with Gasteiger partial charge in [0, 0.05) is 41.8 Å². The van der Waals surface area contributed by atoms with Crippen LogP contribution >= 0.6 is 24.8 Å². The smallest absolute Gasteiger partial charge is 0.278 e. The fraction of sp³-hybridized carbons (Fsp3) is 0.385. The summed E-state index contributed by atoms with van der Waals surface area (Å²) in [6.45, 7) is 12.3. The Bertz CT molecular complexity index is 1440. The number of aromatic nitrogens is 5. The van der Waals surface area contributed by atoms with Crippen molar-refractivity contribution in [3.05, 3.63) is 69.9 Å². The molecule has 10 heteroatoms. The van der Waals surface area contributed by atoms with Crippen molar-refractivity contribution in [3.8, 4) is 5.69 Å². The molecule has 0 fully saturated rings. The molecule has 8 nitrogen and oxygen atoms in total. The summed E-state index contributed by atoms with van der Waals surface area (Å²) in [6.07, 6.45) is 4.41. The standard InChI is InChI=1S/C26H31N7O.2ClH/c1-16(2)32-24(34)21-15-29-25(30-19-7-6-18-14-27-10-8-17(18)12-19)31-23(21)33(32)20-9-11-28-22(13-20)26(3,4)5;;/h6-7,9,11-13,15-16,27H,8,10,14H2,1-5H3,(H,29,30,31);2*1H. The van der Waals surface area contributed by atoms with Crippen molar-refractivity contribution in [3.63, 3.8) is 0 Å². The van der Waals surface area contributed by atoms with Gasteiger partial charge in [-0.3, -0.25) is 9.78 Å².